The smallest absolute Gasteiger partial charge is 0.307 e. The summed E-state index contributed by atoms with van der Waals surface area (Å²) in [6.07, 6.45) is 5.37. The van der Waals surface area contributed by atoms with Crippen LogP contribution >= 0.6 is 23.2 Å². The van der Waals surface area contributed by atoms with E-state index in [4.69, 9.17) is 27.9 Å². The highest BCUT2D eigenvalue weighted by Crippen LogP contribution is 2.30. The third-order valence-electron chi connectivity index (χ3n) is 3.43. The third kappa shape index (κ3) is 4.49. The Balaban J connectivity index is 1.89. The normalized spacial score (nSPS) is 18.0. The van der Waals surface area contributed by atoms with E-state index in [1.165, 1.54) is 6.92 Å². The predicted molar refractivity (Wildman–Crippen MR) is 87.1 cm³/mol. The molecule has 2 atom stereocenters. The van der Waals surface area contributed by atoms with Gasteiger partial charge in [-0.15, -0.1) is 0 Å². The topological polar surface area (TPSA) is 55.4 Å². The first-order valence-corrected chi connectivity index (χ1v) is 7.84. The molecule has 6 heteroatoms. The van der Waals surface area contributed by atoms with Gasteiger partial charge in [-0.25, -0.2) is 0 Å². The highest BCUT2D eigenvalue weighted by atomic mass is 35.5. The van der Waals surface area contributed by atoms with Crippen molar-refractivity contribution in [1.29, 1.82) is 0 Å². The molecule has 0 radical (unpaired) electrons. The average molecular weight is 342 g/mol. The molecule has 0 saturated carbocycles. The maximum absolute atomic E-state index is 12.1. The van der Waals surface area contributed by atoms with Crippen LogP contribution < -0.4 is 5.32 Å². The maximum Gasteiger partial charge on any atom is 0.307 e. The summed E-state index contributed by atoms with van der Waals surface area (Å²) in [5.74, 6) is -0.643. The molecular weight excluding hydrogens is 325 g/mol. The van der Waals surface area contributed by atoms with Crippen molar-refractivity contribution in [1.82, 2.24) is 0 Å². The third-order valence-corrected chi connectivity index (χ3v) is 4.06. The summed E-state index contributed by atoms with van der Waals surface area (Å²) in [6.45, 7) is 1.52. The molecule has 0 aliphatic heterocycles. The fraction of sp³-hybridized carbons (Fsp3) is 0.375. The molecule has 0 saturated heterocycles. The van der Waals surface area contributed by atoms with E-state index in [0.717, 1.165) is 12.8 Å². The van der Waals surface area contributed by atoms with E-state index < -0.39 is 12.0 Å². The van der Waals surface area contributed by atoms with Crippen molar-refractivity contribution in [3.8, 4) is 0 Å². The Morgan fingerprint density at radius 3 is 2.64 bits per heavy atom. The first-order valence-electron chi connectivity index (χ1n) is 7.08. The highest BCUT2D eigenvalue weighted by molar-refractivity contribution is 6.39. The second kappa shape index (κ2) is 7.65. The van der Waals surface area contributed by atoms with Crippen LogP contribution in [0.15, 0.2) is 30.4 Å². The quantitative estimate of drug-likeness (QED) is 0.644. The number of para-hydroxylation sites is 1. The summed E-state index contributed by atoms with van der Waals surface area (Å²) in [4.78, 5) is 23.9. The summed E-state index contributed by atoms with van der Waals surface area (Å²) in [7, 11) is 0. The van der Waals surface area contributed by atoms with Crippen LogP contribution in [0, 0.1) is 5.92 Å². The van der Waals surface area contributed by atoms with Crippen molar-refractivity contribution in [3.05, 3.63) is 40.4 Å². The van der Waals surface area contributed by atoms with Gasteiger partial charge < -0.3 is 10.1 Å². The van der Waals surface area contributed by atoms with Crippen LogP contribution in [0.2, 0.25) is 10.0 Å². The Morgan fingerprint density at radius 1 is 1.36 bits per heavy atom. The first-order chi connectivity index (χ1) is 10.5. The summed E-state index contributed by atoms with van der Waals surface area (Å²) in [5, 5.41) is 3.24. The Morgan fingerprint density at radius 2 is 2.05 bits per heavy atom. The molecular formula is C16H17Cl2NO3. The molecule has 0 spiro atoms. The zero-order valence-corrected chi connectivity index (χ0v) is 13.7. The zero-order chi connectivity index (χ0) is 16.1. The van der Waals surface area contributed by atoms with Gasteiger partial charge in [0.15, 0.2) is 6.10 Å². The summed E-state index contributed by atoms with van der Waals surface area (Å²) in [5.41, 5.74) is 0.317. The monoisotopic (exact) mass is 341 g/mol. The Labute approximate surface area is 139 Å². The van der Waals surface area contributed by atoms with Crippen LogP contribution in [0.1, 0.15) is 26.2 Å². The second-order valence-corrected chi connectivity index (χ2v) is 6.00. The Bertz CT molecular complexity index is 581. The van der Waals surface area contributed by atoms with Gasteiger partial charge in [-0.1, -0.05) is 41.4 Å². The van der Waals surface area contributed by atoms with Crippen LogP contribution in [0.3, 0.4) is 0 Å². The summed E-state index contributed by atoms with van der Waals surface area (Å²) in [6, 6.07) is 4.91. The minimum atomic E-state index is -0.912. The summed E-state index contributed by atoms with van der Waals surface area (Å²) < 4.78 is 5.15. The van der Waals surface area contributed by atoms with Gasteiger partial charge in [0.25, 0.3) is 5.91 Å². The molecule has 1 N–H and O–H groups in total. The molecule has 1 aromatic carbocycles. The molecule has 0 bridgehead atoms. The van der Waals surface area contributed by atoms with E-state index in [-0.39, 0.29) is 11.9 Å². The van der Waals surface area contributed by atoms with Crippen molar-refractivity contribution < 1.29 is 14.3 Å². The number of hydrogen-bond acceptors (Lipinski definition) is 3. The van der Waals surface area contributed by atoms with Gasteiger partial charge in [0.05, 0.1) is 22.2 Å². The molecule has 118 valence electrons. The molecule has 0 fully saturated rings. The molecule has 1 aliphatic rings. The molecule has 0 aromatic heterocycles. The lowest BCUT2D eigenvalue weighted by Crippen LogP contribution is -2.30. The average Bonchev–Trinajstić information content (AvgIpc) is 2.95. The Hall–Kier alpha value is -1.52. The lowest BCUT2D eigenvalue weighted by atomic mass is 10.1. The van der Waals surface area contributed by atoms with Gasteiger partial charge in [-0.05, 0) is 37.8 Å². The fourth-order valence-electron chi connectivity index (χ4n) is 2.22. The molecule has 4 nitrogen and oxygen atoms in total. The fourth-order valence-corrected chi connectivity index (χ4v) is 2.71. The number of carbonyl (C=O) groups is 2. The maximum atomic E-state index is 12.1. The van der Waals surface area contributed by atoms with E-state index >= 15 is 0 Å². The molecule has 1 aromatic rings. The van der Waals surface area contributed by atoms with Crippen molar-refractivity contribution >= 4 is 40.8 Å². The van der Waals surface area contributed by atoms with Crippen LogP contribution in [0.25, 0.3) is 0 Å². The van der Waals surface area contributed by atoms with Crippen LogP contribution in [0.4, 0.5) is 5.69 Å². The number of nitrogens with one attached hydrogen (secondary N) is 1. The van der Waals surface area contributed by atoms with Crippen LogP contribution in [-0.4, -0.2) is 18.0 Å². The van der Waals surface area contributed by atoms with Gasteiger partial charge in [-0.2, -0.15) is 0 Å². The van der Waals surface area contributed by atoms with Gasteiger partial charge in [0, 0.05) is 0 Å². The predicted octanol–water partition coefficient (Wildman–Crippen LogP) is 4.22. The van der Waals surface area contributed by atoms with Gasteiger partial charge in [-0.3, -0.25) is 9.59 Å². The van der Waals surface area contributed by atoms with Gasteiger partial charge in [0.1, 0.15) is 0 Å². The van der Waals surface area contributed by atoms with Crippen molar-refractivity contribution in [2.45, 2.75) is 32.3 Å². The van der Waals surface area contributed by atoms with E-state index in [1.54, 1.807) is 18.2 Å². The van der Waals surface area contributed by atoms with Gasteiger partial charge in [0.2, 0.25) is 0 Å². The zero-order valence-electron chi connectivity index (χ0n) is 12.1. The number of hydrogen-bond donors (Lipinski definition) is 1. The SMILES string of the molecule is C[C@H](OC(=O)C[C@@H]1C=CCC1)C(=O)Nc1c(Cl)cccc1Cl. The highest BCUT2D eigenvalue weighted by Gasteiger charge is 2.22. The number of ether oxygens (including phenoxy) is 1. The van der Waals surface area contributed by atoms with E-state index in [0.29, 0.717) is 22.2 Å². The minimum Gasteiger partial charge on any atom is -0.453 e. The first kappa shape index (κ1) is 16.8. The van der Waals surface area contributed by atoms with E-state index in [9.17, 15) is 9.59 Å². The number of amides is 1. The lowest BCUT2D eigenvalue weighted by Gasteiger charge is -2.16. The number of anilines is 1. The molecule has 2 rings (SSSR count). The van der Waals surface area contributed by atoms with Crippen LogP contribution in [0.5, 0.6) is 0 Å². The van der Waals surface area contributed by atoms with Crippen molar-refractivity contribution in [2.24, 2.45) is 5.92 Å². The number of rotatable bonds is 5. The van der Waals surface area contributed by atoms with E-state index in [1.807, 2.05) is 12.2 Å². The number of esters is 1. The summed E-state index contributed by atoms with van der Waals surface area (Å²) >= 11 is 12.0. The van der Waals surface area contributed by atoms with E-state index in [2.05, 4.69) is 5.32 Å². The van der Waals surface area contributed by atoms with Gasteiger partial charge >= 0.3 is 5.97 Å². The molecule has 1 aliphatic carbocycles. The molecule has 0 heterocycles. The number of allylic oxidation sites excluding steroid dienone is 2. The number of halogens is 2. The van der Waals surface area contributed by atoms with Crippen molar-refractivity contribution in [3.63, 3.8) is 0 Å². The minimum absolute atomic E-state index is 0.209. The second-order valence-electron chi connectivity index (χ2n) is 5.19. The molecule has 0 unspecified atom stereocenters. The van der Waals surface area contributed by atoms with Crippen LogP contribution in [-0.2, 0) is 14.3 Å². The molecule has 22 heavy (non-hydrogen) atoms. The number of carbonyl (C=O) groups excluding carboxylic acids is 2. The lowest BCUT2D eigenvalue weighted by molar-refractivity contribution is -0.153. The standard InChI is InChI=1S/C16H17Cl2NO3/c1-10(22-14(20)9-11-5-2-3-6-11)16(21)19-15-12(17)7-4-8-13(15)18/h2,4-5,7-8,10-11H,3,6,9H2,1H3,(H,19,21)/t10-,11+/m0/s1. The van der Waals surface area contributed by atoms with Crippen molar-refractivity contribution in [2.75, 3.05) is 5.32 Å². The Kier molecular flexibility index (Phi) is 5.86. The number of benzene rings is 1. The molecule has 1 amide bonds. The largest absolute Gasteiger partial charge is 0.453 e.